The number of carboxylic acid groups (broad SMARTS) is 1. The van der Waals surface area contributed by atoms with E-state index in [9.17, 15) is 29.6 Å². The van der Waals surface area contributed by atoms with Gasteiger partial charge in [0.15, 0.2) is 0 Å². The van der Waals surface area contributed by atoms with Gasteiger partial charge in [0, 0.05) is 32.6 Å². The number of amides is 1. The van der Waals surface area contributed by atoms with E-state index in [1.54, 1.807) is 13.0 Å². The quantitative estimate of drug-likeness (QED) is 0.270. The lowest BCUT2D eigenvalue weighted by atomic mass is 9.88. The molecule has 2 aromatic rings. The first-order chi connectivity index (χ1) is 14.6. The van der Waals surface area contributed by atoms with Crippen molar-refractivity contribution in [2.45, 2.75) is 25.3 Å². The monoisotopic (exact) mass is 556 g/mol. The number of hydrogen-bond donors (Lipinski definition) is 2. The fourth-order valence-corrected chi connectivity index (χ4v) is 4.21. The van der Waals surface area contributed by atoms with Gasteiger partial charge < -0.3 is 15.2 Å². The second-order valence-corrected chi connectivity index (χ2v) is 8.24. The van der Waals surface area contributed by atoms with Gasteiger partial charge in [-0.3, -0.25) is 19.7 Å². The number of rotatable bonds is 9. The van der Waals surface area contributed by atoms with Crippen LogP contribution >= 0.6 is 31.9 Å². The number of carboxylic acids is 1. The molecule has 0 aliphatic rings. The molecular weight excluding hydrogens is 540 g/mol. The van der Waals surface area contributed by atoms with Crippen LogP contribution < -0.4 is 5.32 Å². The van der Waals surface area contributed by atoms with Crippen LogP contribution in [0, 0.1) is 10.1 Å². The summed E-state index contributed by atoms with van der Waals surface area (Å²) in [5.74, 6) is -3.70. The summed E-state index contributed by atoms with van der Waals surface area (Å²) in [5, 5.41) is 23.2. The standard InChI is InChI=1S/C20H18Br2N2O7/c1-2-31-17(25)10-16(11-3-5-15(6-4-11)24(29)30)18(20(27)28)23-19(26)12-7-13(21)9-14(22)8-12/h3-9,16,18H,2,10H2,1H3,(H,23,26)(H,27,28)/t16-,18+/m0/s1. The highest BCUT2D eigenvalue weighted by Gasteiger charge is 2.34. The molecule has 0 aromatic heterocycles. The number of carbonyl (C=O) groups is 3. The summed E-state index contributed by atoms with van der Waals surface area (Å²) < 4.78 is 6.16. The first-order valence-electron chi connectivity index (χ1n) is 9.02. The Morgan fingerprint density at radius 1 is 1.13 bits per heavy atom. The molecule has 2 rings (SSSR count). The molecule has 11 heteroatoms. The lowest BCUT2D eigenvalue weighted by Gasteiger charge is -2.25. The van der Waals surface area contributed by atoms with Crippen LogP contribution in [-0.4, -0.2) is 40.5 Å². The van der Waals surface area contributed by atoms with Gasteiger partial charge in [-0.25, -0.2) is 4.79 Å². The number of ether oxygens (including phenoxy) is 1. The van der Waals surface area contributed by atoms with Crippen LogP contribution in [-0.2, 0) is 14.3 Å². The zero-order chi connectivity index (χ0) is 23.1. The number of benzene rings is 2. The largest absolute Gasteiger partial charge is 0.480 e. The number of carbonyl (C=O) groups excluding carboxylic acids is 2. The van der Waals surface area contributed by atoms with Gasteiger partial charge in [-0.1, -0.05) is 44.0 Å². The van der Waals surface area contributed by atoms with Crippen LogP contribution in [0.2, 0.25) is 0 Å². The van der Waals surface area contributed by atoms with E-state index in [1.807, 2.05) is 0 Å². The first kappa shape index (κ1) is 24.5. The number of esters is 1. The molecular formula is C20H18Br2N2O7. The Balaban J connectivity index is 2.40. The van der Waals surface area contributed by atoms with Crippen molar-refractivity contribution in [3.8, 4) is 0 Å². The molecule has 1 amide bonds. The van der Waals surface area contributed by atoms with Gasteiger partial charge in [0.05, 0.1) is 18.0 Å². The fraction of sp³-hybridized carbons (Fsp3) is 0.250. The number of nitro groups is 1. The van der Waals surface area contributed by atoms with E-state index in [2.05, 4.69) is 37.2 Å². The van der Waals surface area contributed by atoms with Crippen molar-refractivity contribution in [3.05, 3.63) is 72.7 Å². The molecule has 2 aromatic carbocycles. The van der Waals surface area contributed by atoms with Crippen molar-refractivity contribution < 1.29 is 29.2 Å². The lowest BCUT2D eigenvalue weighted by Crippen LogP contribution is -2.45. The number of non-ortho nitro benzene ring substituents is 1. The molecule has 0 heterocycles. The predicted molar refractivity (Wildman–Crippen MR) is 118 cm³/mol. The Labute approximate surface area is 194 Å². The Kier molecular flexibility index (Phi) is 8.69. The molecule has 31 heavy (non-hydrogen) atoms. The SMILES string of the molecule is CCOC(=O)C[C@@H](c1ccc([N+](=O)[O-])cc1)[C@@H](NC(=O)c1cc(Br)cc(Br)c1)C(=O)O. The van der Waals surface area contributed by atoms with E-state index >= 15 is 0 Å². The molecule has 0 fully saturated rings. The van der Waals surface area contributed by atoms with Crippen LogP contribution in [0.4, 0.5) is 5.69 Å². The number of hydrogen-bond acceptors (Lipinski definition) is 6. The third kappa shape index (κ3) is 6.86. The Morgan fingerprint density at radius 3 is 2.19 bits per heavy atom. The summed E-state index contributed by atoms with van der Waals surface area (Å²) in [6.45, 7) is 1.71. The van der Waals surface area contributed by atoms with Crippen molar-refractivity contribution in [2.24, 2.45) is 0 Å². The van der Waals surface area contributed by atoms with Gasteiger partial charge >= 0.3 is 11.9 Å². The average Bonchev–Trinajstić information content (AvgIpc) is 2.69. The zero-order valence-corrected chi connectivity index (χ0v) is 19.4. The van der Waals surface area contributed by atoms with E-state index in [0.717, 1.165) is 0 Å². The van der Waals surface area contributed by atoms with Crippen molar-refractivity contribution >= 4 is 55.4 Å². The number of halogens is 2. The average molecular weight is 558 g/mol. The molecule has 2 N–H and O–H groups in total. The van der Waals surface area contributed by atoms with Crippen LogP contribution in [0.5, 0.6) is 0 Å². The number of nitro benzene ring substituents is 1. The summed E-state index contributed by atoms with van der Waals surface area (Å²) in [4.78, 5) is 47.2. The maximum absolute atomic E-state index is 12.7. The summed E-state index contributed by atoms with van der Waals surface area (Å²) in [5.41, 5.74) is 0.349. The highest BCUT2D eigenvalue weighted by Crippen LogP contribution is 2.27. The van der Waals surface area contributed by atoms with Gasteiger partial charge in [-0.05, 0) is 30.7 Å². The van der Waals surface area contributed by atoms with E-state index < -0.39 is 34.7 Å². The Bertz CT molecular complexity index is 975. The molecule has 0 aliphatic carbocycles. The Hall–Kier alpha value is -2.79. The molecule has 0 saturated heterocycles. The molecule has 0 spiro atoms. The number of nitrogens with one attached hydrogen (secondary N) is 1. The van der Waals surface area contributed by atoms with E-state index in [0.29, 0.717) is 14.5 Å². The van der Waals surface area contributed by atoms with Gasteiger partial charge in [0.1, 0.15) is 6.04 Å². The molecule has 0 bridgehead atoms. The van der Waals surface area contributed by atoms with Gasteiger partial charge in [-0.15, -0.1) is 0 Å². The smallest absolute Gasteiger partial charge is 0.326 e. The van der Waals surface area contributed by atoms with Gasteiger partial charge in [0.2, 0.25) is 0 Å². The van der Waals surface area contributed by atoms with Crippen LogP contribution in [0.1, 0.15) is 35.2 Å². The minimum Gasteiger partial charge on any atom is -0.480 e. The first-order valence-corrected chi connectivity index (χ1v) is 10.6. The maximum atomic E-state index is 12.7. The predicted octanol–water partition coefficient (Wildman–Crippen LogP) is 4.04. The summed E-state index contributed by atoms with van der Waals surface area (Å²) in [7, 11) is 0. The third-order valence-electron chi connectivity index (χ3n) is 4.30. The molecule has 2 atom stereocenters. The lowest BCUT2D eigenvalue weighted by molar-refractivity contribution is -0.384. The van der Waals surface area contributed by atoms with E-state index in [4.69, 9.17) is 4.74 Å². The zero-order valence-electron chi connectivity index (χ0n) is 16.2. The topological polar surface area (TPSA) is 136 Å². The molecule has 0 aliphatic heterocycles. The third-order valence-corrected chi connectivity index (χ3v) is 5.22. The van der Waals surface area contributed by atoms with Gasteiger partial charge in [0.25, 0.3) is 11.6 Å². The van der Waals surface area contributed by atoms with Crippen molar-refractivity contribution in [1.82, 2.24) is 5.32 Å². The molecule has 164 valence electrons. The van der Waals surface area contributed by atoms with E-state index in [-0.39, 0.29) is 24.3 Å². The van der Waals surface area contributed by atoms with Crippen LogP contribution in [0.3, 0.4) is 0 Å². The van der Waals surface area contributed by atoms with Crippen molar-refractivity contribution in [2.75, 3.05) is 6.61 Å². The highest BCUT2D eigenvalue weighted by molar-refractivity contribution is 9.11. The summed E-state index contributed by atoms with van der Waals surface area (Å²) >= 11 is 6.54. The minimum atomic E-state index is -1.49. The summed E-state index contributed by atoms with van der Waals surface area (Å²) in [6.07, 6.45) is -0.342. The molecule has 0 radical (unpaired) electrons. The van der Waals surface area contributed by atoms with Crippen molar-refractivity contribution in [3.63, 3.8) is 0 Å². The number of aliphatic carboxylic acids is 1. The second-order valence-electron chi connectivity index (χ2n) is 6.41. The van der Waals surface area contributed by atoms with Crippen LogP contribution in [0.15, 0.2) is 51.4 Å². The molecule has 0 saturated carbocycles. The summed E-state index contributed by atoms with van der Waals surface area (Å²) in [6, 6.07) is 8.40. The molecule has 0 unspecified atom stereocenters. The fourth-order valence-electron chi connectivity index (χ4n) is 2.91. The molecule has 9 nitrogen and oxygen atoms in total. The second kappa shape index (κ2) is 11.0. The van der Waals surface area contributed by atoms with E-state index in [1.165, 1.54) is 36.4 Å². The Morgan fingerprint density at radius 2 is 1.71 bits per heavy atom. The van der Waals surface area contributed by atoms with Crippen LogP contribution in [0.25, 0.3) is 0 Å². The maximum Gasteiger partial charge on any atom is 0.326 e. The van der Waals surface area contributed by atoms with Crippen molar-refractivity contribution in [1.29, 1.82) is 0 Å². The van der Waals surface area contributed by atoms with Gasteiger partial charge in [-0.2, -0.15) is 0 Å². The highest BCUT2D eigenvalue weighted by atomic mass is 79.9. The number of nitrogens with zero attached hydrogens (tertiary/aromatic N) is 1. The minimum absolute atomic E-state index is 0.0992. The normalized spacial score (nSPS) is 12.5.